The Kier molecular flexibility index (Phi) is 10.6. The van der Waals surface area contributed by atoms with Crippen LogP contribution in [0.4, 0.5) is 0 Å². The maximum Gasteiger partial charge on any atom is 0.339 e. The highest BCUT2D eigenvalue weighted by Crippen LogP contribution is 2.47. The third-order valence-corrected chi connectivity index (χ3v) is 8.65. The minimum Gasteiger partial charge on any atom is -0.460 e. The fourth-order valence-corrected chi connectivity index (χ4v) is 6.20. The van der Waals surface area contributed by atoms with Gasteiger partial charge in [0.05, 0.1) is 18.2 Å². The SMILES string of the molecule is CC(C)(C)OC(=O)CCC(CO)NC(=O)C1=CC2OC(c3ccccc3)(c3ccccc3)OC2C(OC(=O)c2ccccc2I)C1. The number of benzene rings is 3. The van der Waals surface area contributed by atoms with Crippen molar-refractivity contribution in [3.63, 3.8) is 0 Å². The molecule has 3 aromatic carbocycles. The number of fused-ring (bicyclic) bond motifs is 1. The van der Waals surface area contributed by atoms with Gasteiger partial charge in [0.2, 0.25) is 11.7 Å². The van der Waals surface area contributed by atoms with E-state index in [0.29, 0.717) is 11.1 Å². The first kappa shape index (κ1) is 33.8. The molecule has 1 aliphatic heterocycles. The number of aliphatic hydroxyl groups excluding tert-OH is 1. The van der Waals surface area contributed by atoms with Crippen molar-refractivity contribution < 1.29 is 38.4 Å². The standard InChI is InChI=1S/C36H38INO8/c1-35(2,3)45-31(40)19-18-26(22-39)38-33(41)23-20-29(43-34(42)27-16-10-11-17-28(27)37)32-30(21-23)44-36(46-32,24-12-6-4-7-13-24)25-14-8-5-9-15-25/h4-17,21,26,29-30,32,39H,18-20,22H2,1-3H3,(H,38,41). The van der Waals surface area contributed by atoms with E-state index in [1.165, 1.54) is 0 Å². The van der Waals surface area contributed by atoms with Gasteiger partial charge in [0.25, 0.3) is 0 Å². The first-order valence-electron chi connectivity index (χ1n) is 15.3. The molecule has 4 atom stereocenters. The van der Waals surface area contributed by atoms with Gasteiger partial charge in [-0.1, -0.05) is 72.8 Å². The third-order valence-electron chi connectivity index (χ3n) is 7.70. The summed E-state index contributed by atoms with van der Waals surface area (Å²) in [5.41, 5.74) is 1.58. The Balaban J connectivity index is 1.43. The van der Waals surface area contributed by atoms with Crippen LogP contribution in [0.15, 0.2) is 96.6 Å². The zero-order chi connectivity index (χ0) is 32.9. The van der Waals surface area contributed by atoms with Crippen molar-refractivity contribution in [1.29, 1.82) is 0 Å². The summed E-state index contributed by atoms with van der Waals surface area (Å²) >= 11 is 2.08. The van der Waals surface area contributed by atoms with Crippen molar-refractivity contribution in [2.75, 3.05) is 6.61 Å². The average molecular weight is 740 g/mol. The van der Waals surface area contributed by atoms with E-state index < -0.39 is 53.6 Å². The van der Waals surface area contributed by atoms with E-state index in [0.717, 1.165) is 14.7 Å². The number of nitrogens with one attached hydrogen (secondary N) is 1. The average Bonchev–Trinajstić information content (AvgIpc) is 3.44. The fourth-order valence-electron chi connectivity index (χ4n) is 5.59. The van der Waals surface area contributed by atoms with Crippen molar-refractivity contribution in [2.45, 2.75) is 75.8 Å². The summed E-state index contributed by atoms with van der Waals surface area (Å²) in [6, 6.07) is 25.4. The van der Waals surface area contributed by atoms with E-state index >= 15 is 0 Å². The van der Waals surface area contributed by atoms with Crippen LogP contribution in [-0.2, 0) is 34.3 Å². The van der Waals surface area contributed by atoms with Crippen LogP contribution in [0.5, 0.6) is 0 Å². The van der Waals surface area contributed by atoms with Crippen LogP contribution in [0.25, 0.3) is 0 Å². The van der Waals surface area contributed by atoms with Gasteiger partial charge in [-0.25, -0.2) is 4.79 Å². The Labute approximate surface area is 282 Å². The van der Waals surface area contributed by atoms with Gasteiger partial charge < -0.3 is 29.4 Å². The van der Waals surface area contributed by atoms with Crippen molar-refractivity contribution in [2.24, 2.45) is 0 Å². The number of carbonyl (C=O) groups is 3. The number of amides is 1. The molecule has 1 aliphatic carbocycles. The minimum atomic E-state index is -1.33. The van der Waals surface area contributed by atoms with Crippen LogP contribution in [0.3, 0.4) is 0 Å². The van der Waals surface area contributed by atoms with E-state index in [1.807, 2.05) is 72.8 Å². The minimum absolute atomic E-state index is 0.0239. The smallest absolute Gasteiger partial charge is 0.339 e. The summed E-state index contributed by atoms with van der Waals surface area (Å²) in [6.07, 6.45) is -0.396. The Morgan fingerprint density at radius 1 is 0.957 bits per heavy atom. The first-order chi connectivity index (χ1) is 22.0. The van der Waals surface area contributed by atoms with E-state index in [1.54, 1.807) is 39.0 Å². The second kappa shape index (κ2) is 14.5. The molecular weight excluding hydrogens is 701 g/mol. The second-order valence-corrected chi connectivity index (χ2v) is 13.5. The monoisotopic (exact) mass is 739 g/mol. The van der Waals surface area contributed by atoms with Gasteiger partial charge in [-0.2, -0.15) is 0 Å². The lowest BCUT2D eigenvalue weighted by Crippen LogP contribution is -2.45. The number of esters is 2. The lowest BCUT2D eigenvalue weighted by Gasteiger charge is -2.31. The number of hydrogen-bond donors (Lipinski definition) is 2. The van der Waals surface area contributed by atoms with Gasteiger partial charge in [0.1, 0.15) is 23.9 Å². The summed E-state index contributed by atoms with van der Waals surface area (Å²) < 4.78 is 25.7. The highest BCUT2D eigenvalue weighted by atomic mass is 127. The fraction of sp³-hybridized carbons (Fsp3) is 0.361. The predicted octanol–water partition coefficient (Wildman–Crippen LogP) is 5.43. The first-order valence-corrected chi connectivity index (χ1v) is 16.3. The van der Waals surface area contributed by atoms with E-state index in [2.05, 4.69) is 27.9 Å². The van der Waals surface area contributed by atoms with E-state index in [4.69, 9.17) is 18.9 Å². The molecule has 1 fully saturated rings. The summed E-state index contributed by atoms with van der Waals surface area (Å²) in [5, 5.41) is 12.8. The number of rotatable bonds is 10. The normalized spacial score (nSPS) is 21.0. The molecule has 2 N–H and O–H groups in total. The summed E-state index contributed by atoms with van der Waals surface area (Å²) in [4.78, 5) is 39.4. The lowest BCUT2D eigenvalue weighted by atomic mass is 9.91. The molecule has 3 aromatic rings. The van der Waals surface area contributed by atoms with Crippen molar-refractivity contribution >= 4 is 40.4 Å². The molecule has 0 saturated carbocycles. The Morgan fingerprint density at radius 2 is 1.57 bits per heavy atom. The molecule has 46 heavy (non-hydrogen) atoms. The molecule has 1 heterocycles. The zero-order valence-electron chi connectivity index (χ0n) is 26.0. The van der Waals surface area contributed by atoms with Gasteiger partial charge in [0, 0.05) is 33.1 Å². The van der Waals surface area contributed by atoms with E-state index in [-0.39, 0.29) is 25.9 Å². The molecule has 242 valence electrons. The molecular formula is C36H38INO8. The molecule has 4 unspecified atom stereocenters. The van der Waals surface area contributed by atoms with Crippen molar-refractivity contribution in [3.8, 4) is 0 Å². The van der Waals surface area contributed by atoms with Crippen LogP contribution in [0.2, 0.25) is 0 Å². The van der Waals surface area contributed by atoms with Gasteiger partial charge in [-0.05, 0) is 68.0 Å². The lowest BCUT2D eigenvalue weighted by molar-refractivity contribution is -0.157. The van der Waals surface area contributed by atoms with Crippen LogP contribution in [0.1, 0.15) is 61.5 Å². The molecule has 2 aliphatic rings. The van der Waals surface area contributed by atoms with Crippen LogP contribution in [-0.4, -0.2) is 59.5 Å². The molecule has 9 nitrogen and oxygen atoms in total. The zero-order valence-corrected chi connectivity index (χ0v) is 28.1. The number of carbonyl (C=O) groups excluding carboxylic acids is 3. The molecule has 1 amide bonds. The maximum absolute atomic E-state index is 13.6. The quantitative estimate of drug-likeness (QED) is 0.209. The third kappa shape index (κ3) is 7.86. The molecule has 0 spiro atoms. The van der Waals surface area contributed by atoms with Gasteiger partial charge in [-0.3, -0.25) is 9.59 Å². The van der Waals surface area contributed by atoms with Gasteiger partial charge >= 0.3 is 11.9 Å². The Morgan fingerprint density at radius 3 is 2.15 bits per heavy atom. The molecule has 0 aromatic heterocycles. The predicted molar refractivity (Wildman–Crippen MR) is 179 cm³/mol. The molecule has 0 bridgehead atoms. The number of hydrogen-bond acceptors (Lipinski definition) is 8. The largest absolute Gasteiger partial charge is 0.460 e. The van der Waals surface area contributed by atoms with Crippen molar-refractivity contribution in [3.05, 3.63) is 117 Å². The van der Waals surface area contributed by atoms with Crippen LogP contribution >= 0.6 is 22.6 Å². The molecule has 5 rings (SSSR count). The summed E-state index contributed by atoms with van der Waals surface area (Å²) in [6.45, 7) is 4.96. The highest BCUT2D eigenvalue weighted by Gasteiger charge is 2.55. The second-order valence-electron chi connectivity index (χ2n) is 12.3. The van der Waals surface area contributed by atoms with Gasteiger partial charge in [-0.15, -0.1) is 0 Å². The number of aliphatic hydroxyl groups is 1. The molecule has 1 saturated heterocycles. The number of halogens is 1. The number of ether oxygens (including phenoxy) is 4. The Bertz CT molecular complexity index is 1530. The molecule has 0 radical (unpaired) electrons. The van der Waals surface area contributed by atoms with Crippen LogP contribution in [0, 0.1) is 3.57 Å². The van der Waals surface area contributed by atoms with Crippen molar-refractivity contribution in [1.82, 2.24) is 5.32 Å². The van der Waals surface area contributed by atoms with Crippen LogP contribution < -0.4 is 5.32 Å². The van der Waals surface area contributed by atoms with Gasteiger partial charge in [0.15, 0.2) is 0 Å². The summed E-state index contributed by atoms with van der Waals surface area (Å²) in [7, 11) is 0. The summed E-state index contributed by atoms with van der Waals surface area (Å²) in [5.74, 6) is -2.75. The maximum atomic E-state index is 13.6. The molecule has 10 heteroatoms. The highest BCUT2D eigenvalue weighted by molar-refractivity contribution is 14.1. The van der Waals surface area contributed by atoms with E-state index in [9.17, 15) is 19.5 Å². The Hall–Kier alpha value is -3.58. The topological polar surface area (TPSA) is 120 Å².